The molecule has 0 spiro atoms. The van der Waals surface area contributed by atoms with Gasteiger partial charge in [0.1, 0.15) is 5.82 Å². The van der Waals surface area contributed by atoms with E-state index in [4.69, 9.17) is 27.6 Å². The Bertz CT molecular complexity index is 1110. The lowest BCUT2D eigenvalue weighted by Gasteiger charge is -2.13. The molecule has 2 heterocycles. The third kappa shape index (κ3) is 3.68. The summed E-state index contributed by atoms with van der Waals surface area (Å²) in [6, 6.07) is 13.8. The molecule has 0 aliphatic rings. The van der Waals surface area contributed by atoms with Gasteiger partial charge in [-0.2, -0.15) is 0 Å². The summed E-state index contributed by atoms with van der Waals surface area (Å²) >= 11 is 13.7. The van der Waals surface area contributed by atoms with Gasteiger partial charge < -0.3 is 4.42 Å². The van der Waals surface area contributed by atoms with E-state index in [9.17, 15) is 4.39 Å². The number of rotatable bonds is 5. The second-order valence-corrected chi connectivity index (χ2v) is 7.82. The van der Waals surface area contributed by atoms with E-state index >= 15 is 0 Å². The summed E-state index contributed by atoms with van der Waals surface area (Å²) in [7, 11) is 0. The van der Waals surface area contributed by atoms with Crippen molar-refractivity contribution in [3.8, 4) is 17.3 Å². The number of thioether (sulfide) groups is 1. The van der Waals surface area contributed by atoms with E-state index in [1.807, 2.05) is 35.8 Å². The highest BCUT2D eigenvalue weighted by Crippen LogP contribution is 2.33. The molecule has 4 aromatic rings. The SMILES string of the molecule is Cc1ccc(Cl)cc1-n1c(SCc2c(F)cccc2Cl)nnc1-c1ccco1. The van der Waals surface area contributed by atoms with E-state index in [0.717, 1.165) is 11.3 Å². The Balaban J connectivity index is 1.79. The molecule has 0 saturated heterocycles. The van der Waals surface area contributed by atoms with Gasteiger partial charge in [-0.15, -0.1) is 10.2 Å². The molecule has 0 atom stereocenters. The van der Waals surface area contributed by atoms with E-state index in [-0.39, 0.29) is 5.82 Å². The fourth-order valence-electron chi connectivity index (χ4n) is 2.78. The highest BCUT2D eigenvalue weighted by atomic mass is 35.5. The summed E-state index contributed by atoms with van der Waals surface area (Å²) < 4.78 is 21.5. The number of hydrogen-bond acceptors (Lipinski definition) is 4. The van der Waals surface area contributed by atoms with Crippen LogP contribution in [0, 0.1) is 12.7 Å². The lowest BCUT2D eigenvalue weighted by molar-refractivity contribution is 0.575. The molecular formula is C20H14Cl2FN3OS. The normalized spacial score (nSPS) is 11.1. The minimum Gasteiger partial charge on any atom is -0.461 e. The van der Waals surface area contributed by atoms with Crippen molar-refractivity contribution >= 4 is 35.0 Å². The maximum Gasteiger partial charge on any atom is 0.205 e. The van der Waals surface area contributed by atoms with Gasteiger partial charge in [0.2, 0.25) is 5.82 Å². The van der Waals surface area contributed by atoms with Crippen molar-refractivity contribution in [1.82, 2.24) is 14.8 Å². The van der Waals surface area contributed by atoms with Crippen LogP contribution in [0.25, 0.3) is 17.3 Å². The van der Waals surface area contributed by atoms with Gasteiger partial charge in [-0.25, -0.2) is 4.39 Å². The average Bonchev–Trinajstić information content (AvgIpc) is 3.33. The van der Waals surface area contributed by atoms with Gasteiger partial charge >= 0.3 is 0 Å². The molecule has 4 nitrogen and oxygen atoms in total. The predicted octanol–water partition coefficient (Wildman–Crippen LogP) is 6.57. The van der Waals surface area contributed by atoms with E-state index in [1.165, 1.54) is 17.8 Å². The summed E-state index contributed by atoms with van der Waals surface area (Å²) in [5.74, 6) is 1.07. The molecule has 2 aromatic carbocycles. The molecule has 0 unspecified atom stereocenters. The van der Waals surface area contributed by atoms with Crippen LogP contribution in [0.5, 0.6) is 0 Å². The maximum atomic E-state index is 14.1. The minimum atomic E-state index is -0.351. The topological polar surface area (TPSA) is 43.9 Å². The average molecular weight is 434 g/mol. The molecule has 0 amide bonds. The second-order valence-electron chi connectivity index (χ2n) is 6.04. The molecule has 0 N–H and O–H groups in total. The van der Waals surface area contributed by atoms with Gasteiger partial charge in [-0.3, -0.25) is 4.57 Å². The molecular weight excluding hydrogens is 420 g/mol. The van der Waals surface area contributed by atoms with Crippen molar-refractivity contribution in [1.29, 1.82) is 0 Å². The number of halogens is 3. The fraction of sp³-hybridized carbons (Fsp3) is 0.100. The third-order valence-corrected chi connectivity index (χ3v) is 5.74. The summed E-state index contributed by atoms with van der Waals surface area (Å²) in [6.45, 7) is 1.97. The van der Waals surface area contributed by atoms with Crippen LogP contribution in [0.3, 0.4) is 0 Å². The molecule has 0 aliphatic heterocycles. The standard InChI is InChI=1S/C20H14Cl2FN3OS/c1-12-7-8-13(21)10-17(12)26-19(18-6-3-9-27-18)24-25-20(26)28-11-14-15(22)4-2-5-16(14)23/h2-10H,11H2,1H3. The zero-order valence-electron chi connectivity index (χ0n) is 14.7. The van der Waals surface area contributed by atoms with Gasteiger partial charge in [0.25, 0.3) is 0 Å². The molecule has 2 aromatic heterocycles. The number of furan rings is 1. The molecule has 8 heteroatoms. The van der Waals surface area contributed by atoms with Gasteiger partial charge in [0.05, 0.1) is 12.0 Å². The number of benzene rings is 2. The number of hydrogen-bond donors (Lipinski definition) is 0. The molecule has 4 rings (SSSR count). The van der Waals surface area contributed by atoms with Crippen LogP contribution < -0.4 is 0 Å². The van der Waals surface area contributed by atoms with Crippen molar-refractivity contribution < 1.29 is 8.81 Å². The molecule has 0 radical (unpaired) electrons. The summed E-state index contributed by atoms with van der Waals surface area (Å²) in [6.07, 6.45) is 1.57. The summed E-state index contributed by atoms with van der Waals surface area (Å²) in [4.78, 5) is 0. The number of nitrogens with zero attached hydrogens (tertiary/aromatic N) is 3. The first-order chi connectivity index (χ1) is 13.5. The molecule has 28 heavy (non-hydrogen) atoms. The van der Waals surface area contributed by atoms with Crippen LogP contribution in [0.1, 0.15) is 11.1 Å². The quantitative estimate of drug-likeness (QED) is 0.333. The monoisotopic (exact) mass is 433 g/mol. The Morgan fingerprint density at radius 1 is 1.11 bits per heavy atom. The lowest BCUT2D eigenvalue weighted by atomic mass is 10.2. The second kappa shape index (κ2) is 7.99. The largest absolute Gasteiger partial charge is 0.461 e. The molecule has 142 valence electrons. The maximum absolute atomic E-state index is 14.1. The van der Waals surface area contributed by atoms with Crippen LogP contribution in [-0.4, -0.2) is 14.8 Å². The van der Waals surface area contributed by atoms with Crippen LogP contribution in [-0.2, 0) is 5.75 Å². The molecule has 0 bridgehead atoms. The Morgan fingerprint density at radius 3 is 2.71 bits per heavy atom. The van der Waals surface area contributed by atoms with Crippen LogP contribution in [0.4, 0.5) is 4.39 Å². The van der Waals surface area contributed by atoms with Crippen molar-refractivity contribution in [3.63, 3.8) is 0 Å². The van der Waals surface area contributed by atoms with E-state index in [0.29, 0.717) is 38.1 Å². The Hall–Kier alpha value is -2.28. The van der Waals surface area contributed by atoms with Gasteiger partial charge in [0, 0.05) is 21.4 Å². The van der Waals surface area contributed by atoms with Crippen LogP contribution in [0.15, 0.2) is 64.4 Å². The van der Waals surface area contributed by atoms with Crippen molar-refractivity contribution in [2.24, 2.45) is 0 Å². The molecule has 0 fully saturated rings. The highest BCUT2D eigenvalue weighted by molar-refractivity contribution is 7.98. The zero-order valence-corrected chi connectivity index (χ0v) is 17.0. The van der Waals surface area contributed by atoms with Crippen LogP contribution >= 0.6 is 35.0 Å². The van der Waals surface area contributed by atoms with E-state index in [1.54, 1.807) is 24.5 Å². The molecule has 0 saturated carbocycles. The minimum absolute atomic E-state index is 0.307. The Kier molecular flexibility index (Phi) is 5.44. The first-order valence-electron chi connectivity index (χ1n) is 8.36. The highest BCUT2D eigenvalue weighted by Gasteiger charge is 2.20. The van der Waals surface area contributed by atoms with Gasteiger partial charge in [0.15, 0.2) is 10.9 Å². The van der Waals surface area contributed by atoms with Crippen molar-refractivity contribution in [3.05, 3.63) is 81.8 Å². The first-order valence-corrected chi connectivity index (χ1v) is 10.1. The number of aromatic nitrogens is 3. The first kappa shape index (κ1) is 19.1. The lowest BCUT2D eigenvalue weighted by Crippen LogP contribution is -2.02. The summed E-state index contributed by atoms with van der Waals surface area (Å²) in [5.41, 5.74) is 2.24. The van der Waals surface area contributed by atoms with Crippen LogP contribution in [0.2, 0.25) is 10.0 Å². The Labute approximate surface area is 175 Å². The smallest absolute Gasteiger partial charge is 0.205 e. The van der Waals surface area contributed by atoms with Gasteiger partial charge in [-0.05, 0) is 48.9 Å². The number of aryl methyl sites for hydroxylation is 1. The van der Waals surface area contributed by atoms with Crippen molar-refractivity contribution in [2.45, 2.75) is 17.8 Å². The fourth-order valence-corrected chi connectivity index (χ4v) is 4.23. The van der Waals surface area contributed by atoms with Gasteiger partial charge in [-0.1, -0.05) is 47.1 Å². The zero-order chi connectivity index (χ0) is 19.7. The summed E-state index contributed by atoms with van der Waals surface area (Å²) in [5, 5.41) is 10.1. The van der Waals surface area contributed by atoms with E-state index < -0.39 is 0 Å². The predicted molar refractivity (Wildman–Crippen MR) is 110 cm³/mol. The van der Waals surface area contributed by atoms with E-state index in [2.05, 4.69) is 10.2 Å². The third-order valence-electron chi connectivity index (χ3n) is 4.19. The molecule has 0 aliphatic carbocycles. The van der Waals surface area contributed by atoms with Crippen molar-refractivity contribution in [2.75, 3.05) is 0 Å². The Morgan fingerprint density at radius 2 is 1.96 bits per heavy atom.